The summed E-state index contributed by atoms with van der Waals surface area (Å²) in [6, 6.07) is 6.50. The van der Waals surface area contributed by atoms with Crippen molar-refractivity contribution in [3.05, 3.63) is 29.3 Å². The highest BCUT2D eigenvalue weighted by molar-refractivity contribution is 5.37. The second kappa shape index (κ2) is 6.51. The van der Waals surface area contributed by atoms with E-state index >= 15 is 0 Å². The summed E-state index contributed by atoms with van der Waals surface area (Å²) >= 11 is 0. The van der Waals surface area contributed by atoms with Crippen molar-refractivity contribution in [2.24, 2.45) is 5.73 Å². The van der Waals surface area contributed by atoms with Gasteiger partial charge in [-0.2, -0.15) is 0 Å². The van der Waals surface area contributed by atoms with Gasteiger partial charge >= 0.3 is 0 Å². The number of nitrogens with one attached hydrogen (secondary N) is 1. The summed E-state index contributed by atoms with van der Waals surface area (Å²) in [6.45, 7) is 5.83. The standard InChI is InChI=1S/C13H22N2O/c1-4-12-7-11(5-6-13(12)16-3)9-15-8-10(2)14/h5-7,10,15H,4,8-9,14H2,1-3H3. The molecule has 0 spiro atoms. The van der Waals surface area contributed by atoms with Crippen LogP contribution >= 0.6 is 0 Å². The number of rotatable bonds is 6. The minimum absolute atomic E-state index is 0.198. The molecule has 0 aliphatic carbocycles. The Balaban J connectivity index is 2.60. The molecule has 0 aliphatic heterocycles. The number of ether oxygens (including phenoxy) is 1. The van der Waals surface area contributed by atoms with Gasteiger partial charge in [0, 0.05) is 19.1 Å². The van der Waals surface area contributed by atoms with Crippen LogP contribution in [0.4, 0.5) is 0 Å². The predicted octanol–water partition coefficient (Wildman–Crippen LogP) is 1.69. The largest absolute Gasteiger partial charge is 0.496 e. The average molecular weight is 222 g/mol. The molecule has 0 aliphatic rings. The lowest BCUT2D eigenvalue weighted by Crippen LogP contribution is -2.30. The maximum atomic E-state index is 5.68. The monoisotopic (exact) mass is 222 g/mol. The Morgan fingerprint density at radius 3 is 2.75 bits per heavy atom. The summed E-state index contributed by atoms with van der Waals surface area (Å²) in [4.78, 5) is 0. The number of nitrogens with two attached hydrogens (primary N) is 1. The van der Waals surface area contributed by atoms with Gasteiger partial charge in [0.1, 0.15) is 5.75 Å². The predicted molar refractivity (Wildman–Crippen MR) is 67.7 cm³/mol. The second-order valence-electron chi connectivity index (χ2n) is 4.11. The maximum absolute atomic E-state index is 5.68. The summed E-state index contributed by atoms with van der Waals surface area (Å²) in [7, 11) is 1.71. The Labute approximate surface area is 98.0 Å². The molecule has 0 fully saturated rings. The molecule has 0 amide bonds. The molecule has 1 aromatic rings. The highest BCUT2D eigenvalue weighted by Gasteiger charge is 2.02. The summed E-state index contributed by atoms with van der Waals surface area (Å²) in [5.74, 6) is 0.971. The van der Waals surface area contributed by atoms with Gasteiger partial charge in [0.15, 0.2) is 0 Å². The average Bonchev–Trinajstić information content (AvgIpc) is 2.28. The molecular weight excluding hydrogens is 200 g/mol. The van der Waals surface area contributed by atoms with E-state index in [1.807, 2.05) is 13.0 Å². The molecule has 1 atom stereocenters. The number of methoxy groups -OCH3 is 1. The van der Waals surface area contributed by atoms with Crippen molar-refractivity contribution in [1.82, 2.24) is 5.32 Å². The van der Waals surface area contributed by atoms with E-state index in [1.54, 1.807) is 7.11 Å². The summed E-state index contributed by atoms with van der Waals surface area (Å²) in [6.07, 6.45) is 0.990. The van der Waals surface area contributed by atoms with Crippen LogP contribution in [0.15, 0.2) is 18.2 Å². The van der Waals surface area contributed by atoms with Crippen LogP contribution in [0.3, 0.4) is 0 Å². The van der Waals surface area contributed by atoms with Crippen LogP contribution in [-0.2, 0) is 13.0 Å². The van der Waals surface area contributed by atoms with Crippen LogP contribution in [0.5, 0.6) is 5.75 Å². The smallest absolute Gasteiger partial charge is 0.122 e. The molecule has 0 bridgehead atoms. The van der Waals surface area contributed by atoms with E-state index in [1.165, 1.54) is 11.1 Å². The molecule has 3 N–H and O–H groups in total. The molecule has 1 unspecified atom stereocenters. The SMILES string of the molecule is CCc1cc(CNCC(C)N)ccc1OC. The quantitative estimate of drug-likeness (QED) is 0.770. The van der Waals surface area contributed by atoms with Crippen molar-refractivity contribution >= 4 is 0 Å². The molecular formula is C13H22N2O. The third kappa shape index (κ3) is 3.83. The first kappa shape index (κ1) is 13.0. The van der Waals surface area contributed by atoms with Crippen molar-refractivity contribution in [3.8, 4) is 5.75 Å². The van der Waals surface area contributed by atoms with Crippen LogP contribution in [0, 0.1) is 0 Å². The fourth-order valence-corrected chi connectivity index (χ4v) is 1.66. The first-order chi connectivity index (χ1) is 7.67. The van der Waals surface area contributed by atoms with Crippen LogP contribution < -0.4 is 15.8 Å². The molecule has 3 heteroatoms. The van der Waals surface area contributed by atoms with Gasteiger partial charge in [0.2, 0.25) is 0 Å². The van der Waals surface area contributed by atoms with Crippen LogP contribution in [0.1, 0.15) is 25.0 Å². The Kier molecular flexibility index (Phi) is 5.29. The lowest BCUT2D eigenvalue weighted by molar-refractivity contribution is 0.410. The fraction of sp³-hybridized carbons (Fsp3) is 0.538. The minimum atomic E-state index is 0.198. The molecule has 0 radical (unpaired) electrons. The van der Waals surface area contributed by atoms with Gasteiger partial charge in [0.05, 0.1) is 7.11 Å². The van der Waals surface area contributed by atoms with E-state index < -0.39 is 0 Å². The highest BCUT2D eigenvalue weighted by Crippen LogP contribution is 2.20. The zero-order chi connectivity index (χ0) is 12.0. The molecule has 1 rings (SSSR count). The molecule has 1 aromatic carbocycles. The van der Waals surface area contributed by atoms with Gasteiger partial charge in [-0.05, 0) is 30.5 Å². The third-order valence-corrected chi connectivity index (χ3v) is 2.52. The van der Waals surface area contributed by atoms with E-state index in [0.717, 1.165) is 25.3 Å². The summed E-state index contributed by atoms with van der Waals surface area (Å²) in [5, 5.41) is 3.32. The molecule has 0 saturated carbocycles. The van der Waals surface area contributed by atoms with Crippen LogP contribution in [0.2, 0.25) is 0 Å². The fourth-order valence-electron chi connectivity index (χ4n) is 1.66. The first-order valence-electron chi connectivity index (χ1n) is 5.79. The van der Waals surface area contributed by atoms with Crippen molar-refractivity contribution in [2.75, 3.05) is 13.7 Å². The molecule has 3 nitrogen and oxygen atoms in total. The minimum Gasteiger partial charge on any atom is -0.496 e. The molecule has 90 valence electrons. The van der Waals surface area contributed by atoms with Crippen LogP contribution in [-0.4, -0.2) is 19.7 Å². The number of hydrogen-bond acceptors (Lipinski definition) is 3. The van der Waals surface area contributed by atoms with E-state index in [-0.39, 0.29) is 6.04 Å². The van der Waals surface area contributed by atoms with Crippen molar-refractivity contribution in [2.45, 2.75) is 32.9 Å². The lowest BCUT2D eigenvalue weighted by atomic mass is 10.1. The van der Waals surface area contributed by atoms with E-state index in [2.05, 4.69) is 24.4 Å². The van der Waals surface area contributed by atoms with Gasteiger partial charge in [0.25, 0.3) is 0 Å². The highest BCUT2D eigenvalue weighted by atomic mass is 16.5. The first-order valence-corrected chi connectivity index (χ1v) is 5.79. The summed E-state index contributed by atoms with van der Waals surface area (Å²) in [5.41, 5.74) is 8.20. The van der Waals surface area contributed by atoms with Gasteiger partial charge in [-0.15, -0.1) is 0 Å². The van der Waals surface area contributed by atoms with Crippen molar-refractivity contribution in [3.63, 3.8) is 0 Å². The molecule has 0 saturated heterocycles. The van der Waals surface area contributed by atoms with Gasteiger partial charge in [-0.25, -0.2) is 0 Å². The number of benzene rings is 1. The topological polar surface area (TPSA) is 47.3 Å². The third-order valence-electron chi connectivity index (χ3n) is 2.52. The Morgan fingerprint density at radius 2 is 2.19 bits per heavy atom. The van der Waals surface area contributed by atoms with Crippen molar-refractivity contribution < 1.29 is 4.74 Å². The van der Waals surface area contributed by atoms with E-state index in [4.69, 9.17) is 10.5 Å². The van der Waals surface area contributed by atoms with E-state index in [9.17, 15) is 0 Å². The van der Waals surface area contributed by atoms with Crippen LogP contribution in [0.25, 0.3) is 0 Å². The Hall–Kier alpha value is -1.06. The molecule has 0 aromatic heterocycles. The van der Waals surface area contributed by atoms with Gasteiger partial charge in [-0.3, -0.25) is 0 Å². The Bertz CT molecular complexity index is 324. The number of hydrogen-bond donors (Lipinski definition) is 2. The van der Waals surface area contributed by atoms with Gasteiger partial charge < -0.3 is 15.8 Å². The zero-order valence-corrected chi connectivity index (χ0v) is 10.4. The summed E-state index contributed by atoms with van der Waals surface area (Å²) < 4.78 is 5.29. The van der Waals surface area contributed by atoms with Gasteiger partial charge in [-0.1, -0.05) is 19.1 Å². The normalized spacial score (nSPS) is 12.5. The van der Waals surface area contributed by atoms with E-state index in [0.29, 0.717) is 0 Å². The maximum Gasteiger partial charge on any atom is 0.122 e. The zero-order valence-electron chi connectivity index (χ0n) is 10.4. The number of aryl methyl sites for hydroxylation is 1. The lowest BCUT2D eigenvalue weighted by Gasteiger charge is -2.11. The second-order valence-corrected chi connectivity index (χ2v) is 4.11. The Morgan fingerprint density at radius 1 is 1.44 bits per heavy atom. The molecule has 16 heavy (non-hydrogen) atoms. The van der Waals surface area contributed by atoms with Crippen molar-refractivity contribution in [1.29, 1.82) is 0 Å². The molecule has 0 heterocycles.